The van der Waals surface area contributed by atoms with Crippen LogP contribution in [0.1, 0.15) is 16.1 Å². The van der Waals surface area contributed by atoms with Crippen LogP contribution in [-0.2, 0) is 11.3 Å². The fraction of sp³-hybridized carbons (Fsp3) is 0.333. The van der Waals surface area contributed by atoms with Crippen molar-refractivity contribution >= 4 is 51.6 Å². The summed E-state index contributed by atoms with van der Waals surface area (Å²) in [7, 11) is 1.53. The lowest BCUT2D eigenvalue weighted by Gasteiger charge is -2.34. The molecule has 0 saturated carbocycles. The number of nitrogens with one attached hydrogen (secondary N) is 1. The summed E-state index contributed by atoms with van der Waals surface area (Å²) < 4.78 is 11.2. The number of thioether (sulfide) groups is 1. The number of furan rings is 1. The summed E-state index contributed by atoms with van der Waals surface area (Å²) in [5, 5.41) is 12.5. The minimum absolute atomic E-state index is 0.100. The van der Waals surface area contributed by atoms with Crippen molar-refractivity contribution in [2.45, 2.75) is 10.9 Å². The van der Waals surface area contributed by atoms with Gasteiger partial charge in [-0.3, -0.25) is 9.59 Å². The van der Waals surface area contributed by atoms with Crippen LogP contribution in [0.5, 0.6) is 5.75 Å². The lowest BCUT2D eigenvalue weighted by molar-refractivity contribution is -0.118. The van der Waals surface area contributed by atoms with Crippen LogP contribution >= 0.6 is 34.7 Å². The number of hydrogen-bond donors (Lipinski definition) is 1. The minimum atomic E-state index is -0.108. The fourth-order valence-electron chi connectivity index (χ4n) is 3.28. The van der Waals surface area contributed by atoms with Crippen molar-refractivity contribution in [3.63, 3.8) is 0 Å². The van der Waals surface area contributed by atoms with Gasteiger partial charge >= 0.3 is 0 Å². The Balaban J connectivity index is 1.26. The molecule has 33 heavy (non-hydrogen) atoms. The molecule has 12 heteroatoms. The number of ether oxygens (including phenoxy) is 1. The first-order valence-electron chi connectivity index (χ1n) is 10.2. The summed E-state index contributed by atoms with van der Waals surface area (Å²) in [6, 6.07) is 8.62. The summed E-state index contributed by atoms with van der Waals surface area (Å²) >= 11 is 8.85. The number of benzene rings is 1. The van der Waals surface area contributed by atoms with E-state index in [-0.39, 0.29) is 17.6 Å². The van der Waals surface area contributed by atoms with Gasteiger partial charge in [-0.1, -0.05) is 34.7 Å². The molecule has 3 aromatic rings. The van der Waals surface area contributed by atoms with E-state index in [9.17, 15) is 9.59 Å². The van der Waals surface area contributed by atoms with Crippen molar-refractivity contribution in [1.29, 1.82) is 0 Å². The Morgan fingerprint density at radius 2 is 2.06 bits per heavy atom. The number of carbonyl (C=O) groups is 2. The summed E-state index contributed by atoms with van der Waals surface area (Å²) in [4.78, 5) is 28.9. The van der Waals surface area contributed by atoms with E-state index in [4.69, 9.17) is 20.8 Å². The first kappa shape index (κ1) is 23.4. The van der Waals surface area contributed by atoms with E-state index < -0.39 is 0 Å². The normalized spacial score (nSPS) is 13.8. The second-order valence-electron chi connectivity index (χ2n) is 7.12. The van der Waals surface area contributed by atoms with E-state index in [2.05, 4.69) is 20.4 Å². The number of amides is 2. The molecule has 0 unspecified atom stereocenters. The smallest absolute Gasteiger partial charge is 0.257 e. The predicted molar refractivity (Wildman–Crippen MR) is 127 cm³/mol. The van der Waals surface area contributed by atoms with Crippen LogP contribution in [0, 0.1) is 0 Å². The highest BCUT2D eigenvalue weighted by atomic mass is 35.5. The Labute approximate surface area is 204 Å². The quantitative estimate of drug-likeness (QED) is 0.464. The average Bonchev–Trinajstić information content (AvgIpc) is 3.53. The van der Waals surface area contributed by atoms with Crippen molar-refractivity contribution in [3.05, 3.63) is 52.9 Å². The van der Waals surface area contributed by atoms with Crippen molar-refractivity contribution in [2.24, 2.45) is 0 Å². The second-order valence-corrected chi connectivity index (χ2v) is 9.73. The molecular formula is C21H22ClN5O4S2. The molecule has 4 rings (SSSR count). The van der Waals surface area contributed by atoms with Crippen LogP contribution in [0.3, 0.4) is 0 Å². The molecule has 0 spiro atoms. The van der Waals surface area contributed by atoms with Crippen LogP contribution in [0.4, 0.5) is 5.13 Å². The third-order valence-corrected chi connectivity index (χ3v) is 7.34. The zero-order valence-corrected chi connectivity index (χ0v) is 20.2. The highest BCUT2D eigenvalue weighted by molar-refractivity contribution is 8.01. The number of methoxy groups -OCH3 is 1. The highest BCUT2D eigenvalue weighted by Gasteiger charge is 2.26. The van der Waals surface area contributed by atoms with Crippen LogP contribution in [-0.4, -0.2) is 66.0 Å². The third kappa shape index (κ3) is 5.98. The van der Waals surface area contributed by atoms with Gasteiger partial charge in [0.05, 0.1) is 31.2 Å². The minimum Gasteiger partial charge on any atom is -0.496 e. The highest BCUT2D eigenvalue weighted by Crippen LogP contribution is 2.29. The number of rotatable bonds is 8. The maximum absolute atomic E-state index is 13.0. The number of aromatic nitrogens is 2. The average molecular weight is 508 g/mol. The van der Waals surface area contributed by atoms with E-state index in [1.54, 1.807) is 35.4 Å². The Morgan fingerprint density at radius 1 is 1.24 bits per heavy atom. The van der Waals surface area contributed by atoms with Crippen molar-refractivity contribution in [3.8, 4) is 5.75 Å². The van der Waals surface area contributed by atoms with E-state index in [0.717, 1.165) is 9.47 Å². The van der Waals surface area contributed by atoms with Gasteiger partial charge in [-0.05, 0) is 30.3 Å². The lowest BCUT2D eigenvalue weighted by Crippen LogP contribution is -2.48. The number of anilines is 1. The second kappa shape index (κ2) is 10.9. The molecule has 1 aromatic carbocycles. The molecule has 0 radical (unpaired) electrons. The van der Waals surface area contributed by atoms with Gasteiger partial charge in [-0.25, -0.2) is 0 Å². The van der Waals surface area contributed by atoms with Crippen molar-refractivity contribution in [1.82, 2.24) is 20.4 Å². The summed E-state index contributed by atoms with van der Waals surface area (Å²) in [6.45, 7) is 2.73. The summed E-state index contributed by atoms with van der Waals surface area (Å²) in [5.74, 6) is 1.25. The van der Waals surface area contributed by atoms with Crippen LogP contribution < -0.4 is 15.0 Å². The molecule has 174 valence electrons. The molecule has 1 fully saturated rings. The Bertz CT molecular complexity index is 1100. The number of nitrogens with zero attached hydrogens (tertiary/aromatic N) is 4. The molecule has 9 nitrogen and oxygen atoms in total. The molecule has 1 saturated heterocycles. The monoisotopic (exact) mass is 507 g/mol. The molecule has 2 amide bonds. The Morgan fingerprint density at radius 3 is 2.79 bits per heavy atom. The van der Waals surface area contributed by atoms with Gasteiger partial charge in [-0.2, -0.15) is 0 Å². The molecule has 1 N–H and O–H groups in total. The SMILES string of the molecule is COc1ccc(Cl)cc1C(=O)N1CCN(c2nnc(SCC(=O)NCc3ccco3)s2)CC1. The topological polar surface area (TPSA) is 101 Å². The van der Waals surface area contributed by atoms with E-state index >= 15 is 0 Å². The van der Waals surface area contributed by atoms with E-state index in [1.165, 1.54) is 30.2 Å². The molecular weight excluding hydrogens is 486 g/mol. The van der Waals surface area contributed by atoms with E-state index in [0.29, 0.717) is 54.8 Å². The van der Waals surface area contributed by atoms with Gasteiger partial charge < -0.3 is 24.3 Å². The maximum atomic E-state index is 13.0. The molecule has 2 aromatic heterocycles. The fourth-order valence-corrected chi connectivity index (χ4v) is 5.18. The number of piperazine rings is 1. The van der Waals surface area contributed by atoms with Gasteiger partial charge in [0.1, 0.15) is 11.5 Å². The van der Waals surface area contributed by atoms with Crippen molar-refractivity contribution in [2.75, 3.05) is 43.9 Å². The standard InChI is InChI=1S/C21H22ClN5O4S2/c1-30-17-5-4-14(22)11-16(17)19(29)26-6-8-27(9-7-26)20-24-25-21(33-20)32-13-18(28)23-12-15-3-2-10-31-15/h2-5,10-11H,6-9,12-13H2,1H3,(H,23,28). The molecule has 3 heterocycles. The largest absolute Gasteiger partial charge is 0.496 e. The van der Waals surface area contributed by atoms with Gasteiger partial charge in [0.25, 0.3) is 5.91 Å². The first-order chi connectivity index (χ1) is 16.0. The van der Waals surface area contributed by atoms with Crippen LogP contribution in [0.2, 0.25) is 5.02 Å². The zero-order valence-electron chi connectivity index (χ0n) is 17.8. The lowest BCUT2D eigenvalue weighted by atomic mass is 10.1. The van der Waals surface area contributed by atoms with Crippen LogP contribution in [0.15, 0.2) is 45.4 Å². The van der Waals surface area contributed by atoms with Crippen molar-refractivity contribution < 1.29 is 18.7 Å². The predicted octanol–water partition coefficient (Wildman–Crippen LogP) is 3.16. The molecule has 1 aliphatic heterocycles. The Hall–Kier alpha value is -2.76. The molecule has 1 aliphatic rings. The van der Waals surface area contributed by atoms with Gasteiger partial charge in [0.2, 0.25) is 11.0 Å². The number of halogens is 1. The maximum Gasteiger partial charge on any atom is 0.257 e. The molecule has 0 bridgehead atoms. The van der Waals surface area contributed by atoms with Gasteiger partial charge in [0.15, 0.2) is 4.34 Å². The first-order valence-corrected chi connectivity index (χ1v) is 12.3. The van der Waals surface area contributed by atoms with Gasteiger partial charge in [-0.15, -0.1) is 10.2 Å². The van der Waals surface area contributed by atoms with Gasteiger partial charge in [0, 0.05) is 31.2 Å². The molecule has 0 atom stereocenters. The number of hydrogen-bond acceptors (Lipinski definition) is 9. The van der Waals surface area contributed by atoms with E-state index in [1.807, 2.05) is 6.07 Å². The summed E-state index contributed by atoms with van der Waals surface area (Å²) in [6.07, 6.45) is 1.57. The zero-order chi connectivity index (χ0) is 23.2. The molecule has 0 aliphatic carbocycles. The third-order valence-electron chi connectivity index (χ3n) is 4.99. The van der Waals surface area contributed by atoms with Crippen LogP contribution in [0.25, 0.3) is 0 Å². The summed E-state index contributed by atoms with van der Waals surface area (Å²) in [5.41, 5.74) is 0.457. The number of carbonyl (C=O) groups excluding carboxylic acids is 2. The Kier molecular flexibility index (Phi) is 7.73.